The molecule has 0 bridgehead atoms. The molecule has 0 aliphatic carbocycles. The lowest BCUT2D eigenvalue weighted by molar-refractivity contribution is 0.0527. The molecular weight excluding hydrogens is 290 g/mol. The maximum absolute atomic E-state index is 11.8. The highest BCUT2D eigenvalue weighted by Gasteiger charge is 2.17. The van der Waals surface area contributed by atoms with Crippen molar-refractivity contribution >= 4 is 17.5 Å². The van der Waals surface area contributed by atoms with Crippen molar-refractivity contribution in [2.45, 2.75) is 20.8 Å². The number of H-pyrrole nitrogens is 1. The van der Waals surface area contributed by atoms with Gasteiger partial charge in [-0.05, 0) is 20.8 Å². The number of nitrogens with zero attached hydrogens (tertiary/aromatic N) is 2. The number of hydrogen-bond acceptors (Lipinski definition) is 7. The summed E-state index contributed by atoms with van der Waals surface area (Å²) in [6.45, 7) is 4.96. The van der Waals surface area contributed by atoms with Crippen LogP contribution in [-0.2, 0) is 4.74 Å². The average Bonchev–Trinajstić information content (AvgIpc) is 2.85. The lowest BCUT2D eigenvalue weighted by Gasteiger charge is -2.04. The molecule has 0 spiro atoms. The summed E-state index contributed by atoms with van der Waals surface area (Å²) < 4.78 is 9.81. The van der Waals surface area contributed by atoms with E-state index >= 15 is 0 Å². The summed E-state index contributed by atoms with van der Waals surface area (Å²) in [6.07, 6.45) is 1.28. The monoisotopic (exact) mass is 305 g/mol. The molecule has 0 radical (unpaired) electrons. The molecule has 2 heterocycles. The number of aliphatic imine (C=N–C) groups is 1. The average molecular weight is 305 g/mol. The smallest absolute Gasteiger partial charge is 0.348 e. The van der Waals surface area contributed by atoms with Gasteiger partial charge in [0.1, 0.15) is 22.6 Å². The summed E-state index contributed by atoms with van der Waals surface area (Å²) in [5.74, 6) is -0.404. The lowest BCUT2D eigenvalue weighted by atomic mass is 10.1. The molecule has 0 aromatic carbocycles. The van der Waals surface area contributed by atoms with Crippen LogP contribution < -0.4 is 5.63 Å². The maximum Gasteiger partial charge on any atom is 0.348 e. The number of ether oxygens (including phenoxy) is 1. The van der Waals surface area contributed by atoms with Crippen LogP contribution in [0.25, 0.3) is 0 Å². The number of aromatic hydroxyl groups is 1. The summed E-state index contributed by atoms with van der Waals surface area (Å²) in [5.41, 5.74) is -0.468. The van der Waals surface area contributed by atoms with E-state index in [0.717, 1.165) is 0 Å². The minimum Gasteiger partial charge on any atom is -0.507 e. The zero-order chi connectivity index (χ0) is 16.3. The highest BCUT2D eigenvalue weighted by molar-refractivity contribution is 6.03. The van der Waals surface area contributed by atoms with E-state index in [4.69, 9.17) is 9.15 Å². The normalized spacial score (nSPS) is 11.5. The first-order valence-corrected chi connectivity index (χ1v) is 6.54. The fraction of sp³-hybridized carbons (Fsp3) is 0.286. The van der Waals surface area contributed by atoms with Crippen LogP contribution in [0.5, 0.6) is 5.75 Å². The van der Waals surface area contributed by atoms with Crippen molar-refractivity contribution in [3.63, 3.8) is 0 Å². The number of aryl methyl sites for hydroxylation is 1. The largest absolute Gasteiger partial charge is 0.507 e. The molecule has 2 aromatic rings. The Balaban J connectivity index is 2.45. The highest BCUT2D eigenvalue weighted by atomic mass is 16.5. The second-order valence-corrected chi connectivity index (χ2v) is 4.45. The van der Waals surface area contributed by atoms with E-state index in [0.29, 0.717) is 0 Å². The van der Waals surface area contributed by atoms with E-state index in [1.165, 1.54) is 19.2 Å². The van der Waals surface area contributed by atoms with Crippen LogP contribution in [0.3, 0.4) is 0 Å². The molecule has 22 heavy (non-hydrogen) atoms. The van der Waals surface area contributed by atoms with Gasteiger partial charge in [-0.1, -0.05) is 0 Å². The molecule has 0 aliphatic rings. The fourth-order valence-corrected chi connectivity index (χ4v) is 1.88. The third-order valence-electron chi connectivity index (χ3n) is 2.81. The third kappa shape index (κ3) is 3.05. The number of esters is 1. The minimum absolute atomic E-state index is 0.0741. The molecule has 2 rings (SSSR count). The first-order chi connectivity index (χ1) is 10.4. The number of carbonyl (C=O) groups excluding carboxylic acids is 1. The Morgan fingerprint density at radius 2 is 2.27 bits per heavy atom. The number of hydrogen-bond donors (Lipinski definition) is 2. The topological polar surface area (TPSA) is 118 Å². The van der Waals surface area contributed by atoms with Crippen LogP contribution in [-0.4, -0.2) is 33.6 Å². The second kappa shape index (κ2) is 6.25. The van der Waals surface area contributed by atoms with Crippen molar-refractivity contribution in [1.29, 1.82) is 0 Å². The van der Waals surface area contributed by atoms with Gasteiger partial charge in [-0.3, -0.25) is 5.10 Å². The van der Waals surface area contributed by atoms with Crippen molar-refractivity contribution in [2.24, 2.45) is 4.99 Å². The Bertz CT molecular complexity index is 788. The van der Waals surface area contributed by atoms with Gasteiger partial charge in [0.25, 0.3) is 0 Å². The zero-order valence-corrected chi connectivity index (χ0v) is 12.3. The van der Waals surface area contributed by atoms with E-state index < -0.39 is 11.6 Å². The van der Waals surface area contributed by atoms with Crippen LogP contribution in [0.2, 0.25) is 0 Å². The number of aromatic nitrogens is 2. The van der Waals surface area contributed by atoms with Crippen molar-refractivity contribution in [2.75, 3.05) is 6.61 Å². The van der Waals surface area contributed by atoms with Gasteiger partial charge in [0.05, 0.1) is 18.5 Å². The van der Waals surface area contributed by atoms with E-state index in [9.17, 15) is 14.7 Å². The molecule has 0 saturated heterocycles. The molecule has 0 atom stereocenters. The van der Waals surface area contributed by atoms with Crippen LogP contribution >= 0.6 is 0 Å². The number of carbonyl (C=O) groups is 1. The van der Waals surface area contributed by atoms with Crippen LogP contribution in [0, 0.1) is 6.92 Å². The Morgan fingerprint density at radius 1 is 1.55 bits per heavy atom. The maximum atomic E-state index is 11.8. The van der Waals surface area contributed by atoms with Gasteiger partial charge >= 0.3 is 11.6 Å². The number of rotatable bonds is 4. The van der Waals surface area contributed by atoms with Gasteiger partial charge < -0.3 is 14.3 Å². The van der Waals surface area contributed by atoms with E-state index in [1.807, 2.05) is 0 Å². The Kier molecular flexibility index (Phi) is 4.40. The Hall–Kier alpha value is -2.90. The SMILES string of the molecule is CCOC(=O)c1cn[nH]c1/N=C(\C)c1c(O)cc(C)oc1=O. The molecule has 0 unspecified atom stereocenters. The van der Waals surface area contributed by atoms with Gasteiger partial charge in [0.15, 0.2) is 5.82 Å². The summed E-state index contributed by atoms with van der Waals surface area (Å²) in [4.78, 5) is 27.7. The van der Waals surface area contributed by atoms with Gasteiger partial charge in [0, 0.05) is 6.07 Å². The van der Waals surface area contributed by atoms with Gasteiger partial charge in [-0.25, -0.2) is 14.6 Å². The van der Waals surface area contributed by atoms with Gasteiger partial charge in [-0.15, -0.1) is 0 Å². The summed E-state index contributed by atoms with van der Waals surface area (Å²) in [5, 5.41) is 16.2. The van der Waals surface area contributed by atoms with E-state index in [-0.39, 0.29) is 40.8 Å². The molecular formula is C14H15N3O5. The first kappa shape index (κ1) is 15.5. The lowest BCUT2D eigenvalue weighted by Crippen LogP contribution is -2.13. The zero-order valence-electron chi connectivity index (χ0n) is 12.3. The number of aromatic amines is 1. The molecule has 2 aromatic heterocycles. The van der Waals surface area contributed by atoms with Crippen molar-refractivity contribution in [3.05, 3.63) is 39.6 Å². The van der Waals surface area contributed by atoms with Crippen molar-refractivity contribution in [3.8, 4) is 5.75 Å². The summed E-state index contributed by atoms with van der Waals surface area (Å²) in [7, 11) is 0. The Morgan fingerprint density at radius 3 is 2.91 bits per heavy atom. The molecule has 2 N–H and O–H groups in total. The molecule has 0 fully saturated rings. The molecule has 8 nitrogen and oxygen atoms in total. The van der Waals surface area contributed by atoms with Crippen LogP contribution in [0.15, 0.2) is 26.5 Å². The predicted molar refractivity (Wildman–Crippen MR) is 77.8 cm³/mol. The Labute approximate surface area is 125 Å². The second-order valence-electron chi connectivity index (χ2n) is 4.45. The molecule has 116 valence electrons. The standard InChI is InChI=1S/C14H15N3O5/c1-4-21-13(19)9-6-15-17-12(9)16-8(3)11-10(18)5-7(2)22-14(11)20/h5-6,18H,4H2,1-3H3,(H,15,17)/b16-8+. The van der Waals surface area contributed by atoms with E-state index in [1.54, 1.807) is 13.8 Å². The van der Waals surface area contributed by atoms with Crippen molar-refractivity contribution < 1.29 is 19.1 Å². The quantitative estimate of drug-likeness (QED) is 0.655. The molecule has 0 amide bonds. The molecule has 8 heteroatoms. The van der Waals surface area contributed by atoms with E-state index in [2.05, 4.69) is 15.2 Å². The van der Waals surface area contributed by atoms with Gasteiger partial charge in [-0.2, -0.15) is 5.10 Å². The predicted octanol–water partition coefficient (Wildman–Crippen LogP) is 1.69. The first-order valence-electron chi connectivity index (χ1n) is 6.54. The fourth-order valence-electron chi connectivity index (χ4n) is 1.88. The summed E-state index contributed by atoms with van der Waals surface area (Å²) in [6, 6.07) is 1.31. The highest BCUT2D eigenvalue weighted by Crippen LogP contribution is 2.20. The molecule has 0 aliphatic heterocycles. The molecule has 0 saturated carbocycles. The third-order valence-corrected chi connectivity index (χ3v) is 2.81. The number of nitrogens with one attached hydrogen (secondary N) is 1. The van der Waals surface area contributed by atoms with Crippen LogP contribution in [0.4, 0.5) is 5.82 Å². The minimum atomic E-state index is -0.712. The van der Waals surface area contributed by atoms with Crippen LogP contribution in [0.1, 0.15) is 35.5 Å². The van der Waals surface area contributed by atoms with Gasteiger partial charge in [0.2, 0.25) is 0 Å². The van der Waals surface area contributed by atoms with Crippen molar-refractivity contribution in [1.82, 2.24) is 10.2 Å². The summed E-state index contributed by atoms with van der Waals surface area (Å²) >= 11 is 0.